The van der Waals surface area contributed by atoms with Gasteiger partial charge in [0, 0.05) is 12.6 Å². The molecule has 2 fully saturated rings. The van der Waals surface area contributed by atoms with Crippen LogP contribution in [0.2, 0.25) is 0 Å². The molecular weight excluding hydrogens is 352 g/mol. The van der Waals surface area contributed by atoms with E-state index in [9.17, 15) is 18.0 Å². The van der Waals surface area contributed by atoms with Crippen LogP contribution in [0.4, 0.5) is 0 Å². The molecule has 0 radical (unpaired) electrons. The van der Waals surface area contributed by atoms with Crippen LogP contribution in [-0.4, -0.2) is 49.2 Å². The fraction of sp³-hybridized carbons (Fsp3) is 0.579. The Morgan fingerprint density at radius 3 is 2.50 bits per heavy atom. The van der Waals surface area contributed by atoms with Crippen molar-refractivity contribution in [3.05, 3.63) is 35.9 Å². The molecule has 1 saturated carbocycles. The summed E-state index contributed by atoms with van der Waals surface area (Å²) in [7, 11) is -3.04. The number of nitrogens with one attached hydrogen (secondary N) is 1. The van der Waals surface area contributed by atoms with Crippen LogP contribution in [0, 0.1) is 11.8 Å². The summed E-state index contributed by atoms with van der Waals surface area (Å²) in [5, 5.41) is 2.98. The number of amides is 2. The molecule has 2 aliphatic rings. The maximum absolute atomic E-state index is 12.8. The van der Waals surface area contributed by atoms with Crippen LogP contribution < -0.4 is 5.32 Å². The van der Waals surface area contributed by atoms with Gasteiger partial charge in [-0.1, -0.05) is 30.3 Å². The first-order chi connectivity index (χ1) is 12.3. The van der Waals surface area contributed by atoms with Crippen LogP contribution in [0.1, 0.15) is 38.3 Å². The monoisotopic (exact) mass is 378 g/mol. The summed E-state index contributed by atoms with van der Waals surface area (Å²) >= 11 is 0. The van der Waals surface area contributed by atoms with Gasteiger partial charge < -0.3 is 10.2 Å². The van der Waals surface area contributed by atoms with E-state index in [0.29, 0.717) is 19.4 Å². The molecule has 0 bridgehead atoms. The van der Waals surface area contributed by atoms with E-state index in [2.05, 4.69) is 5.32 Å². The van der Waals surface area contributed by atoms with E-state index in [1.807, 2.05) is 44.2 Å². The molecule has 1 aliphatic heterocycles. The Labute approximate surface area is 154 Å². The number of hydrogen-bond acceptors (Lipinski definition) is 4. The summed E-state index contributed by atoms with van der Waals surface area (Å²) < 4.78 is 23.4. The number of hydrogen-bond donors (Lipinski definition) is 1. The highest BCUT2D eigenvalue weighted by Crippen LogP contribution is 2.41. The van der Waals surface area contributed by atoms with Crippen molar-refractivity contribution in [1.29, 1.82) is 0 Å². The lowest BCUT2D eigenvalue weighted by molar-refractivity contribution is -0.136. The van der Waals surface area contributed by atoms with E-state index in [1.54, 1.807) is 4.90 Å². The molecule has 1 aromatic carbocycles. The van der Waals surface area contributed by atoms with E-state index >= 15 is 0 Å². The van der Waals surface area contributed by atoms with Crippen LogP contribution in [0.25, 0.3) is 0 Å². The quantitative estimate of drug-likeness (QED) is 0.814. The number of rotatable bonds is 6. The van der Waals surface area contributed by atoms with Gasteiger partial charge in [-0.3, -0.25) is 9.59 Å². The van der Waals surface area contributed by atoms with Crippen molar-refractivity contribution in [3.8, 4) is 0 Å². The summed E-state index contributed by atoms with van der Waals surface area (Å²) in [5.74, 6) is -0.620. The average molecular weight is 378 g/mol. The minimum atomic E-state index is -3.04. The normalized spacial score (nSPS) is 27.5. The lowest BCUT2D eigenvalue weighted by atomic mass is 10.1. The molecule has 1 N–H and O–H groups in total. The first kappa shape index (κ1) is 18.9. The van der Waals surface area contributed by atoms with Gasteiger partial charge >= 0.3 is 0 Å². The molecule has 4 atom stereocenters. The summed E-state index contributed by atoms with van der Waals surface area (Å²) in [5.41, 5.74) is 1.02. The van der Waals surface area contributed by atoms with E-state index in [0.717, 1.165) is 5.56 Å². The van der Waals surface area contributed by atoms with Gasteiger partial charge in [-0.25, -0.2) is 8.42 Å². The van der Waals surface area contributed by atoms with Crippen LogP contribution in [0.5, 0.6) is 0 Å². The zero-order valence-corrected chi connectivity index (χ0v) is 16.0. The van der Waals surface area contributed by atoms with Crippen molar-refractivity contribution in [1.82, 2.24) is 10.2 Å². The van der Waals surface area contributed by atoms with Crippen LogP contribution in [0.15, 0.2) is 30.3 Å². The Morgan fingerprint density at radius 2 is 1.92 bits per heavy atom. The van der Waals surface area contributed by atoms with Crippen molar-refractivity contribution in [2.45, 2.75) is 38.8 Å². The molecule has 4 unspecified atom stereocenters. The standard InChI is InChI=1S/C19H26N2O4S/c1-3-21(15-9-10-26(24,25)12-15)19(23)17-11-16(17)18(22)20-13(2)14-7-5-4-6-8-14/h4-8,13,15-17H,3,9-12H2,1-2H3,(H,20,22). The van der Waals surface area contributed by atoms with Gasteiger partial charge in [-0.2, -0.15) is 0 Å². The second kappa shape index (κ2) is 7.39. The van der Waals surface area contributed by atoms with Crippen molar-refractivity contribution in [3.63, 3.8) is 0 Å². The van der Waals surface area contributed by atoms with E-state index in [-0.39, 0.29) is 47.2 Å². The molecule has 26 heavy (non-hydrogen) atoms. The molecule has 2 amide bonds. The minimum absolute atomic E-state index is 0.0429. The highest BCUT2D eigenvalue weighted by Gasteiger charge is 2.51. The molecule has 1 aromatic rings. The average Bonchev–Trinajstić information content (AvgIpc) is 3.34. The number of carbonyl (C=O) groups excluding carboxylic acids is 2. The molecule has 6 nitrogen and oxygen atoms in total. The van der Waals surface area contributed by atoms with Gasteiger partial charge in [-0.15, -0.1) is 0 Å². The predicted octanol–water partition coefficient (Wildman–Crippen LogP) is 1.54. The van der Waals surface area contributed by atoms with Crippen molar-refractivity contribution in [2.24, 2.45) is 11.8 Å². The zero-order valence-electron chi connectivity index (χ0n) is 15.2. The Morgan fingerprint density at radius 1 is 1.23 bits per heavy atom. The van der Waals surface area contributed by atoms with Gasteiger partial charge in [0.25, 0.3) is 0 Å². The van der Waals surface area contributed by atoms with Crippen molar-refractivity contribution >= 4 is 21.7 Å². The van der Waals surface area contributed by atoms with Crippen LogP contribution >= 0.6 is 0 Å². The van der Waals surface area contributed by atoms with Gasteiger partial charge in [-0.05, 0) is 32.3 Å². The molecular formula is C19H26N2O4S. The SMILES string of the molecule is CCN(C(=O)C1CC1C(=O)NC(C)c1ccccc1)C1CCS(=O)(=O)C1. The highest BCUT2D eigenvalue weighted by atomic mass is 32.2. The Bertz CT molecular complexity index is 778. The van der Waals surface area contributed by atoms with Crippen LogP contribution in [-0.2, 0) is 19.4 Å². The second-order valence-corrected chi connectivity index (χ2v) is 9.50. The fourth-order valence-corrected chi connectivity index (χ4v) is 5.46. The number of benzene rings is 1. The first-order valence-corrected chi connectivity index (χ1v) is 11.0. The van der Waals surface area contributed by atoms with Gasteiger partial charge in [0.1, 0.15) is 0 Å². The van der Waals surface area contributed by atoms with E-state index in [4.69, 9.17) is 0 Å². The largest absolute Gasteiger partial charge is 0.349 e. The fourth-order valence-electron chi connectivity index (χ4n) is 3.73. The smallest absolute Gasteiger partial charge is 0.226 e. The molecule has 7 heteroatoms. The molecule has 0 spiro atoms. The predicted molar refractivity (Wildman–Crippen MR) is 99.0 cm³/mol. The zero-order chi connectivity index (χ0) is 18.9. The van der Waals surface area contributed by atoms with Gasteiger partial charge in [0.05, 0.1) is 29.4 Å². The summed E-state index contributed by atoms with van der Waals surface area (Å²) in [6, 6.07) is 9.34. The molecule has 142 valence electrons. The number of carbonyl (C=O) groups is 2. The Kier molecular flexibility index (Phi) is 5.37. The number of sulfone groups is 1. The van der Waals surface area contributed by atoms with Gasteiger partial charge in [0.2, 0.25) is 11.8 Å². The summed E-state index contributed by atoms with van der Waals surface area (Å²) in [6.45, 7) is 4.26. The van der Waals surface area contributed by atoms with Gasteiger partial charge in [0.15, 0.2) is 9.84 Å². The third-order valence-corrected chi connectivity index (χ3v) is 7.13. The molecule has 0 aromatic heterocycles. The molecule has 1 saturated heterocycles. The van der Waals surface area contributed by atoms with Crippen molar-refractivity contribution < 1.29 is 18.0 Å². The lowest BCUT2D eigenvalue weighted by Gasteiger charge is -2.27. The second-order valence-electron chi connectivity index (χ2n) is 7.27. The Hall–Kier alpha value is -1.89. The van der Waals surface area contributed by atoms with Crippen LogP contribution in [0.3, 0.4) is 0 Å². The topological polar surface area (TPSA) is 83.6 Å². The molecule has 3 rings (SSSR count). The molecule has 1 heterocycles. The van der Waals surface area contributed by atoms with Crippen molar-refractivity contribution in [2.75, 3.05) is 18.1 Å². The summed E-state index contributed by atoms with van der Waals surface area (Å²) in [6.07, 6.45) is 1.04. The first-order valence-electron chi connectivity index (χ1n) is 9.18. The maximum Gasteiger partial charge on any atom is 0.226 e. The Balaban J connectivity index is 1.56. The van der Waals surface area contributed by atoms with E-state index < -0.39 is 9.84 Å². The highest BCUT2D eigenvalue weighted by molar-refractivity contribution is 7.91. The lowest BCUT2D eigenvalue weighted by Crippen LogP contribution is -2.42. The summed E-state index contributed by atoms with van der Waals surface area (Å²) in [4.78, 5) is 26.9. The third kappa shape index (κ3) is 4.09. The third-order valence-electron chi connectivity index (χ3n) is 5.38. The molecule has 1 aliphatic carbocycles. The maximum atomic E-state index is 12.8. The minimum Gasteiger partial charge on any atom is -0.349 e. The number of nitrogens with zero attached hydrogens (tertiary/aromatic N) is 1. The van der Waals surface area contributed by atoms with E-state index in [1.165, 1.54) is 0 Å².